The lowest BCUT2D eigenvalue weighted by Crippen LogP contribution is -2.38. The van der Waals surface area contributed by atoms with Crippen LogP contribution in [0.5, 0.6) is 0 Å². The Bertz CT molecular complexity index is 1200. The lowest BCUT2D eigenvalue weighted by molar-refractivity contribution is -0.124. The van der Waals surface area contributed by atoms with Gasteiger partial charge in [-0.2, -0.15) is 4.80 Å². The summed E-state index contributed by atoms with van der Waals surface area (Å²) in [4.78, 5) is 39.1. The summed E-state index contributed by atoms with van der Waals surface area (Å²) in [6.45, 7) is -0.107. The van der Waals surface area contributed by atoms with E-state index in [1.165, 1.54) is 18.2 Å². The molecule has 4 rings (SSSR count). The van der Waals surface area contributed by atoms with Gasteiger partial charge in [0.1, 0.15) is 12.4 Å². The third-order valence-electron chi connectivity index (χ3n) is 4.49. The van der Waals surface area contributed by atoms with Crippen molar-refractivity contribution >= 4 is 34.9 Å². The molecule has 1 saturated heterocycles. The second kappa shape index (κ2) is 9.52. The fourth-order valence-corrected chi connectivity index (χ4v) is 3.79. The smallest absolute Gasteiger partial charge is 0.293 e. The Kier molecular flexibility index (Phi) is 6.36. The summed E-state index contributed by atoms with van der Waals surface area (Å²) >= 11 is 0.734. The van der Waals surface area contributed by atoms with Gasteiger partial charge in [0.05, 0.1) is 4.91 Å². The molecule has 162 valence electrons. The number of nitrogens with zero attached hydrogens (tertiary/aromatic N) is 5. The Hall–Kier alpha value is -3.86. The summed E-state index contributed by atoms with van der Waals surface area (Å²) in [7, 11) is 0. The Labute approximate surface area is 186 Å². The van der Waals surface area contributed by atoms with E-state index in [0.29, 0.717) is 5.82 Å². The van der Waals surface area contributed by atoms with E-state index in [1.807, 2.05) is 30.3 Å². The monoisotopic (exact) mass is 452 g/mol. The van der Waals surface area contributed by atoms with Crippen LogP contribution in [0.3, 0.4) is 0 Å². The van der Waals surface area contributed by atoms with Crippen LogP contribution < -0.4 is 5.32 Å². The molecular formula is C21H17FN6O3S. The molecule has 0 radical (unpaired) electrons. The zero-order valence-electron chi connectivity index (χ0n) is 16.6. The van der Waals surface area contributed by atoms with Crippen molar-refractivity contribution in [1.82, 2.24) is 30.4 Å². The Morgan fingerprint density at radius 1 is 1.09 bits per heavy atom. The van der Waals surface area contributed by atoms with Crippen molar-refractivity contribution in [2.45, 2.75) is 6.54 Å². The molecule has 0 bridgehead atoms. The van der Waals surface area contributed by atoms with Crippen LogP contribution >= 0.6 is 11.8 Å². The van der Waals surface area contributed by atoms with Crippen molar-refractivity contribution in [3.63, 3.8) is 0 Å². The predicted octanol–water partition coefficient (Wildman–Crippen LogP) is 2.33. The maximum absolute atomic E-state index is 13.8. The molecule has 0 aliphatic carbocycles. The third-order valence-corrected chi connectivity index (χ3v) is 5.40. The summed E-state index contributed by atoms with van der Waals surface area (Å²) in [6.07, 6.45) is 1.35. The molecule has 3 amide bonds. The van der Waals surface area contributed by atoms with E-state index in [9.17, 15) is 18.8 Å². The van der Waals surface area contributed by atoms with E-state index in [2.05, 4.69) is 20.7 Å². The lowest BCUT2D eigenvalue weighted by atomic mass is 10.2. The van der Waals surface area contributed by atoms with Crippen LogP contribution in [0, 0.1) is 5.82 Å². The van der Waals surface area contributed by atoms with Gasteiger partial charge in [0, 0.05) is 24.2 Å². The van der Waals surface area contributed by atoms with Crippen LogP contribution in [0.25, 0.3) is 17.5 Å². The molecule has 0 unspecified atom stereocenters. The lowest BCUT2D eigenvalue weighted by Gasteiger charge is -2.12. The molecule has 2 heterocycles. The minimum atomic E-state index is -0.525. The van der Waals surface area contributed by atoms with Gasteiger partial charge in [-0.3, -0.25) is 19.3 Å². The van der Waals surface area contributed by atoms with Crippen molar-refractivity contribution < 1.29 is 18.8 Å². The minimum absolute atomic E-state index is 0.00886. The largest absolute Gasteiger partial charge is 0.353 e. The normalized spacial score (nSPS) is 14.9. The average molecular weight is 452 g/mol. The predicted molar refractivity (Wildman–Crippen MR) is 115 cm³/mol. The molecular weight excluding hydrogens is 435 g/mol. The molecule has 2 aromatic carbocycles. The molecule has 0 saturated carbocycles. The molecule has 9 nitrogen and oxygen atoms in total. The second-order valence-corrected chi connectivity index (χ2v) is 7.71. The molecule has 32 heavy (non-hydrogen) atoms. The highest BCUT2D eigenvalue weighted by atomic mass is 32.2. The van der Waals surface area contributed by atoms with Crippen LogP contribution in [-0.4, -0.2) is 55.3 Å². The van der Waals surface area contributed by atoms with Gasteiger partial charge in [-0.25, -0.2) is 4.39 Å². The van der Waals surface area contributed by atoms with Gasteiger partial charge in [0.2, 0.25) is 11.7 Å². The van der Waals surface area contributed by atoms with Gasteiger partial charge in [0.25, 0.3) is 11.1 Å². The van der Waals surface area contributed by atoms with E-state index in [0.717, 1.165) is 27.0 Å². The number of imide groups is 1. The van der Waals surface area contributed by atoms with E-state index in [1.54, 1.807) is 12.1 Å². The SMILES string of the molecule is O=C(Cn1nnc(-c2ccccc2)n1)NCCN1C(=O)S/C(=C\c2ccccc2F)C1=O. The average Bonchev–Trinajstić information content (AvgIpc) is 3.36. The second-order valence-electron chi connectivity index (χ2n) is 6.71. The van der Waals surface area contributed by atoms with Crippen molar-refractivity contribution in [2.75, 3.05) is 13.1 Å². The maximum atomic E-state index is 13.8. The number of aromatic nitrogens is 4. The fraction of sp³-hybridized carbons (Fsp3) is 0.143. The highest BCUT2D eigenvalue weighted by molar-refractivity contribution is 8.18. The molecule has 1 N–H and O–H groups in total. The number of amides is 3. The number of rotatable bonds is 7. The number of thioether (sulfide) groups is 1. The number of nitrogens with one attached hydrogen (secondary N) is 1. The topological polar surface area (TPSA) is 110 Å². The molecule has 11 heteroatoms. The van der Waals surface area contributed by atoms with Gasteiger partial charge >= 0.3 is 0 Å². The van der Waals surface area contributed by atoms with Gasteiger partial charge in [-0.15, -0.1) is 10.2 Å². The summed E-state index contributed by atoms with van der Waals surface area (Å²) in [5.74, 6) is -1.000. The maximum Gasteiger partial charge on any atom is 0.293 e. The van der Waals surface area contributed by atoms with Crippen molar-refractivity contribution in [3.05, 3.63) is 70.9 Å². The van der Waals surface area contributed by atoms with Gasteiger partial charge in [-0.1, -0.05) is 48.5 Å². The first-order valence-corrected chi connectivity index (χ1v) is 10.4. The van der Waals surface area contributed by atoms with Crippen molar-refractivity contribution in [1.29, 1.82) is 0 Å². The first-order valence-electron chi connectivity index (χ1n) is 9.61. The fourth-order valence-electron chi connectivity index (χ4n) is 2.93. The Balaban J connectivity index is 1.29. The highest BCUT2D eigenvalue weighted by Crippen LogP contribution is 2.32. The van der Waals surface area contributed by atoms with Crippen LogP contribution in [0.2, 0.25) is 0 Å². The number of halogens is 1. The van der Waals surface area contributed by atoms with Gasteiger partial charge < -0.3 is 5.32 Å². The van der Waals surface area contributed by atoms with Gasteiger partial charge in [-0.05, 0) is 29.1 Å². The molecule has 0 atom stereocenters. The summed E-state index contributed by atoms with van der Waals surface area (Å²) in [5.41, 5.74) is 1.00. The highest BCUT2D eigenvalue weighted by Gasteiger charge is 2.34. The Morgan fingerprint density at radius 2 is 1.84 bits per heavy atom. The van der Waals surface area contributed by atoms with E-state index in [4.69, 9.17) is 0 Å². The molecule has 1 fully saturated rings. The van der Waals surface area contributed by atoms with Crippen molar-refractivity contribution in [2.24, 2.45) is 0 Å². The van der Waals surface area contributed by atoms with Crippen LogP contribution in [0.15, 0.2) is 59.5 Å². The number of tetrazole rings is 1. The van der Waals surface area contributed by atoms with E-state index >= 15 is 0 Å². The molecule has 3 aromatic rings. The molecule has 1 aliphatic rings. The van der Waals surface area contributed by atoms with E-state index < -0.39 is 22.9 Å². The van der Waals surface area contributed by atoms with Gasteiger partial charge in [0.15, 0.2) is 0 Å². The number of hydrogen-bond donors (Lipinski definition) is 1. The number of hydrogen-bond acceptors (Lipinski definition) is 7. The zero-order chi connectivity index (χ0) is 22.5. The first-order chi connectivity index (χ1) is 15.5. The van der Waals surface area contributed by atoms with Crippen LogP contribution in [0.4, 0.5) is 9.18 Å². The summed E-state index contributed by atoms with van der Waals surface area (Å²) < 4.78 is 13.8. The first kappa shape index (κ1) is 21.4. The Morgan fingerprint density at radius 3 is 2.62 bits per heavy atom. The minimum Gasteiger partial charge on any atom is -0.353 e. The standard InChI is InChI=1S/C21H17FN6O3S/c22-16-9-5-4-8-15(16)12-17-20(30)27(21(31)32-17)11-10-23-18(29)13-28-25-19(24-26-28)14-6-2-1-3-7-14/h1-9,12H,10-11,13H2,(H,23,29)/b17-12-. The molecule has 0 spiro atoms. The number of carbonyl (C=O) groups is 3. The van der Waals surface area contributed by atoms with Crippen LogP contribution in [-0.2, 0) is 16.1 Å². The third kappa shape index (κ3) is 4.89. The molecule has 1 aromatic heterocycles. The quantitative estimate of drug-likeness (QED) is 0.548. The zero-order valence-corrected chi connectivity index (χ0v) is 17.5. The van der Waals surface area contributed by atoms with E-state index in [-0.39, 0.29) is 30.1 Å². The number of benzene rings is 2. The summed E-state index contributed by atoms with van der Waals surface area (Å²) in [6, 6.07) is 15.2. The number of carbonyl (C=O) groups excluding carboxylic acids is 3. The van der Waals surface area contributed by atoms with Crippen molar-refractivity contribution in [3.8, 4) is 11.4 Å². The summed E-state index contributed by atoms with van der Waals surface area (Å²) in [5, 5.41) is 14.1. The van der Waals surface area contributed by atoms with Crippen LogP contribution in [0.1, 0.15) is 5.56 Å². The molecule has 1 aliphatic heterocycles.